The Hall–Kier alpha value is -2.74. The normalized spacial score (nSPS) is 17.4. The van der Waals surface area contributed by atoms with Gasteiger partial charge < -0.3 is 10.6 Å². The summed E-state index contributed by atoms with van der Waals surface area (Å²) in [5.41, 5.74) is 2.76. The van der Waals surface area contributed by atoms with Crippen LogP contribution in [0.3, 0.4) is 0 Å². The van der Waals surface area contributed by atoms with Gasteiger partial charge in [0.25, 0.3) is 0 Å². The van der Waals surface area contributed by atoms with Crippen LogP contribution in [0, 0.1) is 19.7 Å². The minimum Gasteiger partial charge on any atom is -0.354 e. The molecule has 2 amide bonds. The molecule has 7 nitrogen and oxygen atoms in total. The smallest absolute Gasteiger partial charge is 0.237 e. The number of hydrogen-bond acceptors (Lipinski definition) is 4. The van der Waals surface area contributed by atoms with E-state index in [-0.39, 0.29) is 24.1 Å². The predicted molar refractivity (Wildman–Crippen MR) is 103 cm³/mol. The second kappa shape index (κ2) is 8.97. The molecular formula is C20H26FN5O2. The largest absolute Gasteiger partial charge is 0.354 e. The number of hydrogen-bond donors (Lipinski definition) is 2. The summed E-state index contributed by atoms with van der Waals surface area (Å²) < 4.78 is 15.3. The zero-order chi connectivity index (χ0) is 20.1. The van der Waals surface area contributed by atoms with Crippen LogP contribution in [-0.2, 0) is 22.7 Å². The van der Waals surface area contributed by atoms with Gasteiger partial charge in [0.15, 0.2) is 0 Å². The first-order valence-corrected chi connectivity index (χ1v) is 9.46. The molecular weight excluding hydrogens is 361 g/mol. The van der Waals surface area contributed by atoms with Crippen molar-refractivity contribution in [3.8, 4) is 0 Å². The van der Waals surface area contributed by atoms with Gasteiger partial charge in [0.1, 0.15) is 5.82 Å². The van der Waals surface area contributed by atoms with E-state index in [9.17, 15) is 14.0 Å². The van der Waals surface area contributed by atoms with Crippen LogP contribution in [0.4, 0.5) is 4.39 Å². The number of carbonyl (C=O) groups is 2. The molecule has 1 aromatic heterocycles. The molecule has 1 fully saturated rings. The first-order chi connectivity index (χ1) is 13.4. The molecule has 1 atom stereocenters. The van der Waals surface area contributed by atoms with E-state index in [2.05, 4.69) is 15.7 Å². The first-order valence-electron chi connectivity index (χ1n) is 9.46. The van der Waals surface area contributed by atoms with Gasteiger partial charge in [-0.2, -0.15) is 5.10 Å². The highest BCUT2D eigenvalue weighted by Crippen LogP contribution is 2.14. The highest BCUT2D eigenvalue weighted by atomic mass is 19.1. The van der Waals surface area contributed by atoms with E-state index >= 15 is 0 Å². The maximum Gasteiger partial charge on any atom is 0.237 e. The van der Waals surface area contributed by atoms with Crippen molar-refractivity contribution in [1.29, 1.82) is 0 Å². The van der Waals surface area contributed by atoms with E-state index in [1.807, 2.05) is 35.6 Å². The number of rotatable bonds is 7. The number of halogens is 1. The Morgan fingerprint density at radius 1 is 1.36 bits per heavy atom. The van der Waals surface area contributed by atoms with Crippen LogP contribution in [0.2, 0.25) is 0 Å². The standard InChI is InChI=1S/C20H26FN5O2/c1-14-10-15(2)26(24-14)9-7-22-19(27)12-18-20(28)23-6-8-25(18)13-16-4-3-5-17(21)11-16/h3-5,10-11,18H,6-9,12-13H2,1-2H3,(H,22,27)(H,23,28)/t18-/m0/s1. The Labute approximate surface area is 163 Å². The molecule has 1 saturated heterocycles. The summed E-state index contributed by atoms with van der Waals surface area (Å²) >= 11 is 0. The summed E-state index contributed by atoms with van der Waals surface area (Å²) in [6, 6.07) is 7.73. The molecule has 0 aliphatic carbocycles. The maximum absolute atomic E-state index is 13.4. The van der Waals surface area contributed by atoms with Crippen LogP contribution < -0.4 is 10.6 Å². The van der Waals surface area contributed by atoms with Gasteiger partial charge in [-0.1, -0.05) is 12.1 Å². The van der Waals surface area contributed by atoms with Crippen LogP contribution in [0.1, 0.15) is 23.4 Å². The van der Waals surface area contributed by atoms with Crippen LogP contribution in [0.5, 0.6) is 0 Å². The van der Waals surface area contributed by atoms with Crippen LogP contribution in [-0.4, -0.2) is 52.2 Å². The van der Waals surface area contributed by atoms with E-state index in [1.165, 1.54) is 12.1 Å². The molecule has 3 rings (SSSR count). The average Bonchev–Trinajstić information content (AvgIpc) is 2.95. The number of aromatic nitrogens is 2. The molecule has 2 aromatic rings. The van der Waals surface area contributed by atoms with Gasteiger partial charge in [-0.25, -0.2) is 4.39 Å². The number of benzene rings is 1. The SMILES string of the molecule is Cc1cc(C)n(CCNC(=O)C[C@H]2C(=O)NCCN2Cc2cccc(F)c2)n1. The van der Waals surface area contributed by atoms with Crippen molar-refractivity contribution in [2.75, 3.05) is 19.6 Å². The zero-order valence-corrected chi connectivity index (χ0v) is 16.2. The average molecular weight is 387 g/mol. The second-order valence-electron chi connectivity index (χ2n) is 7.11. The predicted octanol–water partition coefficient (Wildman–Crippen LogP) is 1.15. The molecule has 1 aliphatic heterocycles. The Balaban J connectivity index is 1.55. The lowest BCUT2D eigenvalue weighted by atomic mass is 10.1. The molecule has 1 aromatic carbocycles. The van der Waals surface area contributed by atoms with Gasteiger partial charge in [-0.15, -0.1) is 0 Å². The van der Waals surface area contributed by atoms with Gasteiger partial charge in [0.2, 0.25) is 11.8 Å². The minimum absolute atomic E-state index is 0.0677. The quantitative estimate of drug-likeness (QED) is 0.747. The van der Waals surface area contributed by atoms with Crippen molar-refractivity contribution in [2.24, 2.45) is 0 Å². The monoisotopic (exact) mass is 387 g/mol. The highest BCUT2D eigenvalue weighted by Gasteiger charge is 2.31. The van der Waals surface area contributed by atoms with E-state index < -0.39 is 6.04 Å². The van der Waals surface area contributed by atoms with Crippen molar-refractivity contribution in [1.82, 2.24) is 25.3 Å². The Morgan fingerprint density at radius 3 is 2.89 bits per heavy atom. The van der Waals surface area contributed by atoms with Crippen molar-refractivity contribution >= 4 is 11.8 Å². The van der Waals surface area contributed by atoms with Crippen molar-refractivity contribution in [3.05, 3.63) is 53.1 Å². The molecule has 2 heterocycles. The Bertz CT molecular complexity index is 851. The summed E-state index contributed by atoms with van der Waals surface area (Å²) in [6.07, 6.45) is 0.0677. The first kappa shape index (κ1) is 20.0. The third kappa shape index (κ3) is 5.16. The van der Waals surface area contributed by atoms with Gasteiger partial charge in [0.05, 0.1) is 24.7 Å². The number of piperazine rings is 1. The lowest BCUT2D eigenvalue weighted by Gasteiger charge is -2.34. The minimum atomic E-state index is -0.564. The van der Waals surface area contributed by atoms with Crippen LogP contribution in [0.15, 0.2) is 30.3 Å². The maximum atomic E-state index is 13.4. The van der Waals surface area contributed by atoms with Crippen LogP contribution >= 0.6 is 0 Å². The summed E-state index contributed by atoms with van der Waals surface area (Å²) in [6.45, 7) is 6.48. The molecule has 0 radical (unpaired) electrons. The fourth-order valence-corrected chi connectivity index (χ4v) is 3.49. The molecule has 8 heteroatoms. The summed E-state index contributed by atoms with van der Waals surface area (Å²) in [4.78, 5) is 26.6. The van der Waals surface area contributed by atoms with Crippen molar-refractivity contribution in [3.63, 3.8) is 0 Å². The van der Waals surface area contributed by atoms with Gasteiger partial charge >= 0.3 is 0 Å². The number of nitrogens with one attached hydrogen (secondary N) is 2. The van der Waals surface area contributed by atoms with E-state index in [1.54, 1.807) is 6.07 Å². The van der Waals surface area contributed by atoms with E-state index in [0.29, 0.717) is 32.7 Å². The zero-order valence-electron chi connectivity index (χ0n) is 16.2. The third-order valence-corrected chi connectivity index (χ3v) is 4.84. The molecule has 28 heavy (non-hydrogen) atoms. The number of aryl methyl sites for hydroxylation is 2. The number of nitrogens with zero attached hydrogens (tertiary/aromatic N) is 3. The van der Waals surface area contributed by atoms with Crippen LogP contribution in [0.25, 0.3) is 0 Å². The molecule has 0 bridgehead atoms. The van der Waals surface area contributed by atoms with Crippen molar-refractivity contribution < 1.29 is 14.0 Å². The molecule has 0 unspecified atom stereocenters. The van der Waals surface area contributed by atoms with Gasteiger partial charge in [-0.3, -0.25) is 19.2 Å². The molecule has 150 valence electrons. The number of carbonyl (C=O) groups excluding carboxylic acids is 2. The third-order valence-electron chi connectivity index (χ3n) is 4.84. The lowest BCUT2D eigenvalue weighted by Crippen LogP contribution is -2.56. The summed E-state index contributed by atoms with van der Waals surface area (Å²) in [5.74, 6) is -0.665. The van der Waals surface area contributed by atoms with Gasteiger partial charge in [0, 0.05) is 31.9 Å². The molecule has 1 aliphatic rings. The van der Waals surface area contributed by atoms with E-state index in [0.717, 1.165) is 17.0 Å². The molecule has 0 spiro atoms. The summed E-state index contributed by atoms with van der Waals surface area (Å²) in [5, 5.41) is 10.0. The number of amides is 2. The fraction of sp³-hybridized carbons (Fsp3) is 0.450. The Kier molecular flexibility index (Phi) is 6.41. The summed E-state index contributed by atoms with van der Waals surface area (Å²) in [7, 11) is 0. The van der Waals surface area contributed by atoms with E-state index in [4.69, 9.17) is 0 Å². The van der Waals surface area contributed by atoms with Gasteiger partial charge in [-0.05, 0) is 37.6 Å². The second-order valence-corrected chi connectivity index (χ2v) is 7.11. The fourth-order valence-electron chi connectivity index (χ4n) is 3.49. The lowest BCUT2D eigenvalue weighted by molar-refractivity contribution is -0.134. The molecule has 2 N–H and O–H groups in total. The Morgan fingerprint density at radius 2 is 2.18 bits per heavy atom. The highest BCUT2D eigenvalue weighted by molar-refractivity contribution is 5.88. The van der Waals surface area contributed by atoms with Crippen molar-refractivity contribution in [2.45, 2.75) is 39.4 Å². The topological polar surface area (TPSA) is 79.3 Å². The molecule has 0 saturated carbocycles.